The largest absolute Gasteiger partial charge is 0.457 e. The van der Waals surface area contributed by atoms with Gasteiger partial charge in [-0.05, 0) is 24.1 Å². The Balaban J connectivity index is 2.00. The summed E-state index contributed by atoms with van der Waals surface area (Å²) in [5, 5.41) is 2.48. The van der Waals surface area contributed by atoms with Crippen molar-refractivity contribution in [3.8, 4) is 0 Å². The SMILES string of the molecule is CC1=C(C(=O)OCc2ccccc2)C(c2ccccc2C(F)(F)F)NC(=O)N1C. The summed E-state index contributed by atoms with van der Waals surface area (Å²) in [5.74, 6) is -0.791. The highest BCUT2D eigenvalue weighted by atomic mass is 19.4. The number of benzene rings is 2. The maximum atomic E-state index is 13.5. The first-order chi connectivity index (χ1) is 13.7. The third-order valence-corrected chi connectivity index (χ3v) is 4.76. The third-order valence-electron chi connectivity index (χ3n) is 4.76. The predicted octanol–water partition coefficient (Wildman–Crippen LogP) is 4.42. The Hall–Kier alpha value is -3.29. The number of esters is 1. The van der Waals surface area contributed by atoms with Gasteiger partial charge in [-0.2, -0.15) is 13.2 Å². The van der Waals surface area contributed by atoms with Crippen LogP contribution in [0.2, 0.25) is 0 Å². The van der Waals surface area contributed by atoms with Crippen LogP contribution >= 0.6 is 0 Å². The number of halogens is 3. The number of allylic oxidation sites excluding steroid dienone is 1. The van der Waals surface area contributed by atoms with Gasteiger partial charge in [-0.15, -0.1) is 0 Å². The maximum Gasteiger partial charge on any atom is 0.416 e. The zero-order valence-corrected chi connectivity index (χ0v) is 15.8. The van der Waals surface area contributed by atoms with Gasteiger partial charge in [0.1, 0.15) is 6.61 Å². The Labute approximate surface area is 165 Å². The number of hydrogen-bond donors (Lipinski definition) is 1. The molecule has 2 amide bonds. The fraction of sp³-hybridized carbons (Fsp3) is 0.238. The molecule has 2 aromatic carbocycles. The smallest absolute Gasteiger partial charge is 0.416 e. The summed E-state index contributed by atoms with van der Waals surface area (Å²) in [4.78, 5) is 26.3. The van der Waals surface area contributed by atoms with E-state index >= 15 is 0 Å². The molecule has 0 saturated heterocycles. The Bertz CT molecular complexity index is 955. The van der Waals surface area contributed by atoms with Crippen LogP contribution < -0.4 is 5.32 Å². The highest BCUT2D eigenvalue weighted by molar-refractivity contribution is 5.95. The van der Waals surface area contributed by atoms with Crippen molar-refractivity contribution in [2.75, 3.05) is 7.05 Å². The highest BCUT2D eigenvalue weighted by Gasteiger charge is 2.41. The van der Waals surface area contributed by atoms with Crippen LogP contribution in [0.25, 0.3) is 0 Å². The highest BCUT2D eigenvalue weighted by Crippen LogP contribution is 2.39. The standard InChI is InChI=1S/C21H19F3N2O3/c1-13-17(19(27)29-12-14-8-4-3-5-9-14)18(25-20(28)26(13)2)15-10-6-7-11-16(15)21(22,23)24/h3-11,18H,12H2,1-2H3,(H,25,28). The number of alkyl halides is 3. The van der Waals surface area contributed by atoms with Crippen molar-refractivity contribution in [3.05, 3.63) is 82.6 Å². The fourth-order valence-electron chi connectivity index (χ4n) is 3.14. The minimum absolute atomic E-state index is 0.0399. The van der Waals surface area contributed by atoms with E-state index in [1.807, 2.05) is 6.07 Å². The average molecular weight is 404 g/mol. The van der Waals surface area contributed by atoms with Gasteiger partial charge < -0.3 is 15.0 Å². The second-order valence-corrected chi connectivity index (χ2v) is 6.59. The number of ether oxygens (including phenoxy) is 1. The van der Waals surface area contributed by atoms with Crippen molar-refractivity contribution >= 4 is 12.0 Å². The predicted molar refractivity (Wildman–Crippen MR) is 99.4 cm³/mol. The van der Waals surface area contributed by atoms with E-state index in [4.69, 9.17) is 4.74 Å². The summed E-state index contributed by atoms with van der Waals surface area (Å²) in [7, 11) is 1.43. The van der Waals surface area contributed by atoms with E-state index in [9.17, 15) is 22.8 Å². The summed E-state index contributed by atoms with van der Waals surface area (Å²) in [6.07, 6.45) is -4.64. The maximum absolute atomic E-state index is 13.5. The Kier molecular flexibility index (Phi) is 5.63. The average Bonchev–Trinajstić information content (AvgIpc) is 2.70. The van der Waals surface area contributed by atoms with Gasteiger partial charge in [-0.1, -0.05) is 48.5 Å². The quantitative estimate of drug-likeness (QED) is 0.768. The van der Waals surface area contributed by atoms with Crippen LogP contribution in [0.5, 0.6) is 0 Å². The van der Waals surface area contributed by atoms with Gasteiger partial charge in [0.25, 0.3) is 0 Å². The van der Waals surface area contributed by atoms with Crippen molar-refractivity contribution in [2.45, 2.75) is 25.7 Å². The molecule has 1 unspecified atom stereocenters. The summed E-state index contributed by atoms with van der Waals surface area (Å²) in [6, 6.07) is 11.9. The van der Waals surface area contributed by atoms with Crippen LogP contribution in [0.15, 0.2) is 65.9 Å². The second kappa shape index (κ2) is 7.98. The number of nitrogens with one attached hydrogen (secondary N) is 1. The molecule has 0 bridgehead atoms. The molecule has 1 aliphatic rings. The Morgan fingerprint density at radius 2 is 1.72 bits per heavy atom. The van der Waals surface area contributed by atoms with Crippen LogP contribution in [-0.4, -0.2) is 23.9 Å². The number of amides is 2. The number of nitrogens with zero attached hydrogens (tertiary/aromatic N) is 1. The first-order valence-corrected chi connectivity index (χ1v) is 8.82. The minimum atomic E-state index is -4.64. The molecular weight excluding hydrogens is 385 g/mol. The molecule has 152 valence electrons. The van der Waals surface area contributed by atoms with Gasteiger partial charge in [0.15, 0.2) is 0 Å². The molecule has 0 aromatic heterocycles. The second-order valence-electron chi connectivity index (χ2n) is 6.59. The monoisotopic (exact) mass is 404 g/mol. The number of carbonyl (C=O) groups is 2. The van der Waals surface area contributed by atoms with E-state index < -0.39 is 29.8 Å². The van der Waals surface area contributed by atoms with Crippen molar-refractivity contribution in [3.63, 3.8) is 0 Å². The molecule has 0 saturated carbocycles. The van der Waals surface area contributed by atoms with Gasteiger partial charge >= 0.3 is 18.2 Å². The lowest BCUT2D eigenvalue weighted by Gasteiger charge is -2.34. The molecule has 0 aliphatic carbocycles. The van der Waals surface area contributed by atoms with Crippen molar-refractivity contribution < 1.29 is 27.5 Å². The minimum Gasteiger partial charge on any atom is -0.457 e. The number of rotatable bonds is 4. The Morgan fingerprint density at radius 1 is 1.10 bits per heavy atom. The Morgan fingerprint density at radius 3 is 2.38 bits per heavy atom. The zero-order chi connectivity index (χ0) is 21.2. The molecule has 0 radical (unpaired) electrons. The van der Waals surface area contributed by atoms with Crippen LogP contribution in [0.1, 0.15) is 29.7 Å². The topological polar surface area (TPSA) is 58.6 Å². The van der Waals surface area contributed by atoms with E-state index in [1.165, 1.54) is 37.1 Å². The van der Waals surface area contributed by atoms with Gasteiger partial charge in [0.2, 0.25) is 0 Å². The van der Waals surface area contributed by atoms with Crippen LogP contribution in [0, 0.1) is 0 Å². The summed E-state index contributed by atoms with van der Waals surface area (Å²) in [6.45, 7) is 1.46. The number of urea groups is 1. The summed E-state index contributed by atoms with van der Waals surface area (Å²) >= 11 is 0. The van der Waals surface area contributed by atoms with E-state index in [0.717, 1.165) is 11.6 Å². The number of hydrogen-bond acceptors (Lipinski definition) is 3. The van der Waals surface area contributed by atoms with Gasteiger partial charge in [0.05, 0.1) is 17.2 Å². The lowest BCUT2D eigenvalue weighted by molar-refractivity contribution is -0.142. The van der Waals surface area contributed by atoms with Crippen molar-refractivity contribution in [1.82, 2.24) is 10.2 Å². The molecule has 0 fully saturated rings. The summed E-state index contributed by atoms with van der Waals surface area (Å²) < 4.78 is 45.9. The molecule has 2 aromatic rings. The van der Waals surface area contributed by atoms with E-state index in [1.54, 1.807) is 24.3 Å². The first kappa shape index (κ1) is 20.4. The normalized spacial score (nSPS) is 17.2. The third kappa shape index (κ3) is 4.26. The van der Waals surface area contributed by atoms with E-state index in [2.05, 4.69) is 5.32 Å². The molecule has 1 aliphatic heterocycles. The molecule has 29 heavy (non-hydrogen) atoms. The lowest BCUT2D eigenvalue weighted by Crippen LogP contribution is -2.46. The number of carbonyl (C=O) groups excluding carboxylic acids is 2. The molecule has 1 atom stereocenters. The first-order valence-electron chi connectivity index (χ1n) is 8.82. The molecule has 0 spiro atoms. The molecular formula is C21H19F3N2O3. The molecule has 5 nitrogen and oxygen atoms in total. The lowest BCUT2D eigenvalue weighted by atomic mass is 9.91. The molecule has 8 heteroatoms. The molecule has 1 N–H and O–H groups in total. The molecule has 3 rings (SSSR count). The van der Waals surface area contributed by atoms with Crippen LogP contribution in [-0.2, 0) is 22.3 Å². The van der Waals surface area contributed by atoms with Crippen LogP contribution in [0.4, 0.5) is 18.0 Å². The van der Waals surface area contributed by atoms with E-state index in [-0.39, 0.29) is 23.4 Å². The zero-order valence-electron chi connectivity index (χ0n) is 15.8. The van der Waals surface area contributed by atoms with Gasteiger partial charge in [0, 0.05) is 12.7 Å². The fourth-order valence-corrected chi connectivity index (χ4v) is 3.14. The summed E-state index contributed by atoms with van der Waals surface area (Å²) in [5.41, 5.74) is -0.212. The van der Waals surface area contributed by atoms with Crippen molar-refractivity contribution in [1.29, 1.82) is 0 Å². The van der Waals surface area contributed by atoms with Gasteiger partial charge in [-0.3, -0.25) is 0 Å². The van der Waals surface area contributed by atoms with E-state index in [0.29, 0.717) is 0 Å². The van der Waals surface area contributed by atoms with Crippen molar-refractivity contribution in [2.24, 2.45) is 0 Å². The molecule has 1 heterocycles. The van der Waals surface area contributed by atoms with Crippen LogP contribution in [0.3, 0.4) is 0 Å². The van der Waals surface area contributed by atoms with Gasteiger partial charge in [-0.25, -0.2) is 9.59 Å².